The highest BCUT2D eigenvalue weighted by Gasteiger charge is 2.25. The third kappa shape index (κ3) is 2.13. The van der Waals surface area contributed by atoms with Gasteiger partial charge in [0.15, 0.2) is 0 Å². The van der Waals surface area contributed by atoms with E-state index in [0.717, 1.165) is 23.3 Å². The Morgan fingerprint density at radius 3 is 2.85 bits per heavy atom. The van der Waals surface area contributed by atoms with Gasteiger partial charge in [-0.3, -0.25) is 0 Å². The van der Waals surface area contributed by atoms with Crippen LogP contribution in [-0.4, -0.2) is 18.8 Å². The first-order valence-corrected chi connectivity index (χ1v) is 6.85. The first-order valence-electron chi connectivity index (χ1n) is 6.47. The van der Waals surface area contributed by atoms with Crippen molar-refractivity contribution in [1.82, 2.24) is 0 Å². The molecule has 0 saturated carbocycles. The summed E-state index contributed by atoms with van der Waals surface area (Å²) in [5, 5.41) is 11.2. The molecule has 2 aromatic rings. The summed E-state index contributed by atoms with van der Waals surface area (Å²) in [6.07, 6.45) is 0.00179. The molecule has 1 N–H and O–H groups in total. The van der Waals surface area contributed by atoms with Crippen LogP contribution in [0.2, 0.25) is 5.02 Å². The van der Waals surface area contributed by atoms with Gasteiger partial charge in [-0.05, 0) is 17.7 Å². The van der Waals surface area contributed by atoms with Gasteiger partial charge in [0, 0.05) is 17.5 Å². The predicted molar refractivity (Wildman–Crippen MR) is 77.7 cm³/mol. The molecule has 0 radical (unpaired) electrons. The minimum Gasteiger partial charge on any atom is -0.496 e. The van der Waals surface area contributed by atoms with Gasteiger partial charge < -0.3 is 14.6 Å². The summed E-state index contributed by atoms with van der Waals surface area (Å²) in [5.74, 6) is 1.34. The summed E-state index contributed by atoms with van der Waals surface area (Å²) in [6.45, 7) is 0.652. The number of hydrogen-bond donors (Lipinski definition) is 1. The number of halogens is 1. The van der Waals surface area contributed by atoms with Crippen LogP contribution in [0.4, 0.5) is 0 Å². The summed E-state index contributed by atoms with van der Waals surface area (Å²) >= 11 is 6.22. The quantitative estimate of drug-likeness (QED) is 0.942. The molecule has 3 rings (SSSR count). The molecule has 0 saturated heterocycles. The van der Waals surface area contributed by atoms with E-state index in [9.17, 15) is 5.11 Å². The molecular weight excluding hydrogens is 276 g/mol. The van der Waals surface area contributed by atoms with E-state index < -0.39 is 6.10 Å². The first-order chi connectivity index (χ1) is 9.72. The molecule has 104 valence electrons. The van der Waals surface area contributed by atoms with Crippen molar-refractivity contribution in [3.05, 3.63) is 58.1 Å². The molecule has 1 unspecified atom stereocenters. The average molecular weight is 291 g/mol. The molecule has 1 aliphatic rings. The van der Waals surface area contributed by atoms with Crippen LogP contribution >= 0.6 is 11.6 Å². The van der Waals surface area contributed by atoms with Crippen LogP contribution in [0.15, 0.2) is 36.4 Å². The van der Waals surface area contributed by atoms with Crippen LogP contribution in [0.5, 0.6) is 11.5 Å². The molecule has 20 heavy (non-hydrogen) atoms. The van der Waals surface area contributed by atoms with Crippen molar-refractivity contribution < 1.29 is 14.6 Å². The van der Waals surface area contributed by atoms with E-state index in [1.807, 2.05) is 18.2 Å². The lowest BCUT2D eigenvalue weighted by atomic mass is 9.97. The SMILES string of the molecule is COc1cccc(Cl)c1C(O)c1cccc2c1OCC2. The molecule has 0 bridgehead atoms. The van der Waals surface area contributed by atoms with Gasteiger partial charge in [0.1, 0.15) is 17.6 Å². The fourth-order valence-electron chi connectivity index (χ4n) is 2.57. The molecule has 1 atom stereocenters. The first kappa shape index (κ1) is 13.3. The Morgan fingerprint density at radius 1 is 1.25 bits per heavy atom. The van der Waals surface area contributed by atoms with Gasteiger partial charge in [0.25, 0.3) is 0 Å². The molecule has 0 fully saturated rings. The minimum atomic E-state index is -0.869. The highest BCUT2D eigenvalue weighted by molar-refractivity contribution is 6.31. The number of aliphatic hydroxyl groups excluding tert-OH is 1. The molecule has 1 heterocycles. The van der Waals surface area contributed by atoms with Crippen molar-refractivity contribution in [2.75, 3.05) is 13.7 Å². The smallest absolute Gasteiger partial charge is 0.128 e. The summed E-state index contributed by atoms with van der Waals surface area (Å²) in [5.41, 5.74) is 2.42. The minimum absolute atomic E-state index is 0.479. The van der Waals surface area contributed by atoms with Crippen molar-refractivity contribution in [1.29, 1.82) is 0 Å². The maximum atomic E-state index is 10.7. The molecule has 0 aliphatic carbocycles. The normalized spacial score (nSPS) is 14.6. The number of methoxy groups -OCH3 is 1. The third-order valence-corrected chi connectivity index (χ3v) is 3.88. The Labute approximate surface area is 122 Å². The van der Waals surface area contributed by atoms with Gasteiger partial charge in [-0.25, -0.2) is 0 Å². The average Bonchev–Trinajstić information content (AvgIpc) is 2.94. The lowest BCUT2D eigenvalue weighted by molar-refractivity contribution is 0.208. The van der Waals surface area contributed by atoms with E-state index in [2.05, 4.69) is 0 Å². The number of benzene rings is 2. The summed E-state index contributed by atoms with van der Waals surface area (Å²) < 4.78 is 10.9. The van der Waals surface area contributed by atoms with Crippen molar-refractivity contribution in [2.45, 2.75) is 12.5 Å². The molecule has 2 aromatic carbocycles. The number of fused-ring (bicyclic) bond motifs is 1. The standard InChI is InChI=1S/C16H15ClO3/c1-19-13-7-3-6-12(17)14(13)15(18)11-5-2-4-10-8-9-20-16(10)11/h2-7,15,18H,8-9H2,1H3. The maximum Gasteiger partial charge on any atom is 0.128 e. The van der Waals surface area contributed by atoms with Crippen molar-refractivity contribution >= 4 is 11.6 Å². The van der Waals surface area contributed by atoms with E-state index in [-0.39, 0.29) is 0 Å². The Bertz CT molecular complexity index is 640. The van der Waals surface area contributed by atoms with E-state index in [1.165, 1.54) is 0 Å². The summed E-state index contributed by atoms with van der Waals surface area (Å²) in [4.78, 5) is 0. The molecular formula is C16H15ClO3. The van der Waals surface area contributed by atoms with Gasteiger partial charge in [-0.15, -0.1) is 0 Å². The molecule has 0 spiro atoms. The van der Waals surface area contributed by atoms with E-state index in [0.29, 0.717) is 22.9 Å². The maximum absolute atomic E-state index is 10.7. The second-order valence-corrected chi connectivity index (χ2v) is 5.10. The van der Waals surface area contributed by atoms with Crippen molar-refractivity contribution in [3.63, 3.8) is 0 Å². The fraction of sp³-hybridized carbons (Fsp3) is 0.250. The number of aliphatic hydroxyl groups is 1. The number of ether oxygens (including phenoxy) is 2. The lowest BCUT2D eigenvalue weighted by Gasteiger charge is -2.18. The third-order valence-electron chi connectivity index (χ3n) is 3.55. The summed E-state index contributed by atoms with van der Waals surface area (Å²) in [7, 11) is 1.56. The second-order valence-electron chi connectivity index (χ2n) is 4.69. The van der Waals surface area contributed by atoms with Crippen LogP contribution in [0.3, 0.4) is 0 Å². The van der Waals surface area contributed by atoms with Crippen LogP contribution in [0, 0.1) is 0 Å². The van der Waals surface area contributed by atoms with Gasteiger partial charge in [-0.1, -0.05) is 35.9 Å². The Balaban J connectivity index is 2.10. The van der Waals surface area contributed by atoms with E-state index in [1.54, 1.807) is 25.3 Å². The molecule has 3 nitrogen and oxygen atoms in total. The lowest BCUT2D eigenvalue weighted by Crippen LogP contribution is -2.05. The van der Waals surface area contributed by atoms with Gasteiger partial charge >= 0.3 is 0 Å². The zero-order valence-corrected chi connectivity index (χ0v) is 11.9. The monoisotopic (exact) mass is 290 g/mol. The van der Waals surface area contributed by atoms with Crippen molar-refractivity contribution in [2.24, 2.45) is 0 Å². The van der Waals surface area contributed by atoms with Crippen LogP contribution in [-0.2, 0) is 6.42 Å². The number of rotatable bonds is 3. The van der Waals surface area contributed by atoms with Crippen LogP contribution in [0.25, 0.3) is 0 Å². The zero-order valence-electron chi connectivity index (χ0n) is 11.1. The van der Waals surface area contributed by atoms with E-state index in [4.69, 9.17) is 21.1 Å². The van der Waals surface area contributed by atoms with Gasteiger partial charge in [0.05, 0.1) is 18.7 Å². The van der Waals surface area contributed by atoms with Gasteiger partial charge in [-0.2, -0.15) is 0 Å². The molecule has 0 aromatic heterocycles. The molecule has 0 amide bonds. The summed E-state index contributed by atoms with van der Waals surface area (Å²) in [6, 6.07) is 11.1. The molecule has 4 heteroatoms. The molecule has 1 aliphatic heterocycles. The second kappa shape index (κ2) is 5.35. The highest BCUT2D eigenvalue weighted by Crippen LogP contribution is 2.41. The Morgan fingerprint density at radius 2 is 2.05 bits per heavy atom. The van der Waals surface area contributed by atoms with Crippen LogP contribution in [0.1, 0.15) is 22.8 Å². The topological polar surface area (TPSA) is 38.7 Å². The zero-order chi connectivity index (χ0) is 14.1. The predicted octanol–water partition coefficient (Wildman–Crippen LogP) is 3.37. The highest BCUT2D eigenvalue weighted by atomic mass is 35.5. The van der Waals surface area contributed by atoms with Crippen LogP contribution < -0.4 is 9.47 Å². The van der Waals surface area contributed by atoms with E-state index >= 15 is 0 Å². The Hall–Kier alpha value is -1.71. The number of para-hydroxylation sites is 1. The Kier molecular flexibility index (Phi) is 3.55. The number of hydrogen-bond acceptors (Lipinski definition) is 3. The van der Waals surface area contributed by atoms with Gasteiger partial charge in [0.2, 0.25) is 0 Å². The largest absolute Gasteiger partial charge is 0.496 e. The van der Waals surface area contributed by atoms with Crippen molar-refractivity contribution in [3.8, 4) is 11.5 Å². The fourth-order valence-corrected chi connectivity index (χ4v) is 2.84.